The summed E-state index contributed by atoms with van der Waals surface area (Å²) in [5.41, 5.74) is 1.15. The molecule has 0 bridgehead atoms. The molecule has 0 fully saturated rings. The van der Waals surface area contributed by atoms with Gasteiger partial charge in [-0.2, -0.15) is 0 Å². The van der Waals surface area contributed by atoms with Gasteiger partial charge in [0.25, 0.3) is 0 Å². The number of hydrogen-bond donors (Lipinski definition) is 1. The van der Waals surface area contributed by atoms with Crippen LogP contribution in [0.5, 0.6) is 0 Å². The van der Waals surface area contributed by atoms with Crippen molar-refractivity contribution in [2.45, 2.75) is 25.7 Å². The lowest BCUT2D eigenvalue weighted by molar-refractivity contribution is -0.137. The topological polar surface area (TPSA) is 50.2 Å². The molecule has 1 heterocycles. The molecular formula is C10H13NO2. The molecule has 0 saturated carbocycles. The summed E-state index contributed by atoms with van der Waals surface area (Å²) in [6, 6.07) is 3.85. The minimum atomic E-state index is -0.735. The number of hydrogen-bond acceptors (Lipinski definition) is 2. The minimum absolute atomic E-state index is 0.226. The highest BCUT2D eigenvalue weighted by Gasteiger charge is 2.06. The molecule has 0 radical (unpaired) electrons. The Morgan fingerprint density at radius 2 is 2.15 bits per heavy atom. The Hall–Kier alpha value is -1.38. The number of rotatable bonds is 4. The van der Waals surface area contributed by atoms with Crippen molar-refractivity contribution in [3.05, 3.63) is 30.1 Å². The number of carbonyl (C=O) groups is 1. The van der Waals surface area contributed by atoms with Crippen LogP contribution in [-0.4, -0.2) is 16.1 Å². The smallest absolute Gasteiger partial charge is 0.303 e. The average Bonchev–Trinajstić information content (AvgIpc) is 2.15. The molecule has 0 amide bonds. The van der Waals surface area contributed by atoms with Gasteiger partial charge in [-0.25, -0.2) is 0 Å². The summed E-state index contributed by atoms with van der Waals surface area (Å²) in [5.74, 6) is -0.444. The maximum atomic E-state index is 10.3. The van der Waals surface area contributed by atoms with Crippen LogP contribution in [0.25, 0.3) is 0 Å². The van der Waals surface area contributed by atoms with Gasteiger partial charge in [0.05, 0.1) is 0 Å². The van der Waals surface area contributed by atoms with Gasteiger partial charge in [-0.1, -0.05) is 6.92 Å². The van der Waals surface area contributed by atoms with Gasteiger partial charge in [0.2, 0.25) is 0 Å². The molecule has 0 aromatic carbocycles. The summed E-state index contributed by atoms with van der Waals surface area (Å²) in [5, 5.41) is 8.50. The van der Waals surface area contributed by atoms with Gasteiger partial charge in [0.1, 0.15) is 0 Å². The summed E-state index contributed by atoms with van der Waals surface area (Å²) in [4.78, 5) is 14.2. The van der Waals surface area contributed by atoms with E-state index in [2.05, 4.69) is 4.98 Å². The van der Waals surface area contributed by atoms with Crippen LogP contribution in [0.3, 0.4) is 0 Å². The van der Waals surface area contributed by atoms with Crippen LogP contribution in [0.1, 0.15) is 31.2 Å². The number of carboxylic acids is 1. The highest BCUT2D eigenvalue weighted by molar-refractivity contribution is 5.66. The van der Waals surface area contributed by atoms with Gasteiger partial charge in [0.15, 0.2) is 0 Å². The number of aromatic nitrogens is 1. The standard InChI is InChI=1S/C10H13NO2/c1-8(2-3-10(12)13)9-4-6-11-7-5-9/h4-8H,2-3H2,1H3,(H,12,13). The molecule has 70 valence electrons. The first kappa shape index (κ1) is 9.71. The highest BCUT2D eigenvalue weighted by Crippen LogP contribution is 2.19. The fraction of sp³-hybridized carbons (Fsp3) is 0.400. The molecule has 0 spiro atoms. The van der Waals surface area contributed by atoms with Crippen LogP contribution in [0, 0.1) is 0 Å². The van der Waals surface area contributed by atoms with Crippen molar-refractivity contribution in [3.63, 3.8) is 0 Å². The van der Waals surface area contributed by atoms with E-state index >= 15 is 0 Å². The average molecular weight is 179 g/mol. The van der Waals surface area contributed by atoms with Crippen LogP contribution in [-0.2, 0) is 4.79 Å². The van der Waals surface area contributed by atoms with Gasteiger partial charge < -0.3 is 5.11 Å². The number of nitrogens with zero attached hydrogens (tertiary/aromatic N) is 1. The Morgan fingerprint density at radius 3 is 2.69 bits per heavy atom. The van der Waals surface area contributed by atoms with Crippen LogP contribution in [0.15, 0.2) is 24.5 Å². The van der Waals surface area contributed by atoms with E-state index in [0.717, 1.165) is 5.56 Å². The van der Waals surface area contributed by atoms with Crippen LogP contribution >= 0.6 is 0 Å². The predicted molar refractivity (Wildman–Crippen MR) is 49.5 cm³/mol. The van der Waals surface area contributed by atoms with Gasteiger partial charge >= 0.3 is 5.97 Å². The second-order valence-electron chi connectivity index (χ2n) is 3.11. The second-order valence-corrected chi connectivity index (χ2v) is 3.11. The fourth-order valence-corrected chi connectivity index (χ4v) is 1.20. The fourth-order valence-electron chi connectivity index (χ4n) is 1.20. The van der Waals surface area contributed by atoms with Crippen LogP contribution in [0.2, 0.25) is 0 Å². The Morgan fingerprint density at radius 1 is 1.54 bits per heavy atom. The SMILES string of the molecule is CC(CCC(=O)O)c1ccncc1. The van der Waals surface area contributed by atoms with E-state index < -0.39 is 5.97 Å². The number of carboxylic acid groups (broad SMARTS) is 1. The van der Waals surface area contributed by atoms with Crippen LogP contribution < -0.4 is 0 Å². The molecule has 1 aromatic heterocycles. The Bertz CT molecular complexity index is 272. The van der Waals surface area contributed by atoms with E-state index in [0.29, 0.717) is 12.3 Å². The molecule has 0 saturated heterocycles. The maximum absolute atomic E-state index is 10.3. The first-order valence-electron chi connectivity index (χ1n) is 4.32. The van der Waals surface area contributed by atoms with Crippen molar-refractivity contribution in [3.8, 4) is 0 Å². The molecule has 1 N–H and O–H groups in total. The first-order valence-corrected chi connectivity index (χ1v) is 4.32. The van der Waals surface area contributed by atoms with E-state index in [1.807, 2.05) is 19.1 Å². The molecule has 0 aliphatic heterocycles. The monoisotopic (exact) mass is 179 g/mol. The van der Waals surface area contributed by atoms with Crippen molar-refractivity contribution < 1.29 is 9.90 Å². The molecule has 0 aliphatic carbocycles. The van der Waals surface area contributed by atoms with E-state index in [9.17, 15) is 4.79 Å². The lowest BCUT2D eigenvalue weighted by Crippen LogP contribution is -1.99. The van der Waals surface area contributed by atoms with E-state index in [-0.39, 0.29) is 6.42 Å². The zero-order valence-electron chi connectivity index (χ0n) is 7.60. The Labute approximate surface area is 77.4 Å². The quantitative estimate of drug-likeness (QED) is 0.769. The Kier molecular flexibility index (Phi) is 3.43. The zero-order valence-corrected chi connectivity index (χ0v) is 7.60. The van der Waals surface area contributed by atoms with Crippen molar-refractivity contribution in [1.29, 1.82) is 0 Å². The summed E-state index contributed by atoms with van der Waals surface area (Å²) < 4.78 is 0. The van der Waals surface area contributed by atoms with Gasteiger partial charge in [-0.15, -0.1) is 0 Å². The second kappa shape index (κ2) is 4.60. The molecule has 1 rings (SSSR count). The third kappa shape index (κ3) is 3.23. The third-order valence-electron chi connectivity index (χ3n) is 2.07. The first-order chi connectivity index (χ1) is 6.20. The molecule has 1 aromatic rings. The lowest BCUT2D eigenvalue weighted by Gasteiger charge is -2.08. The molecule has 3 nitrogen and oxygen atoms in total. The summed E-state index contributed by atoms with van der Waals surface area (Å²) in [6.45, 7) is 2.03. The molecule has 1 unspecified atom stereocenters. The normalized spacial score (nSPS) is 12.4. The van der Waals surface area contributed by atoms with E-state index in [1.165, 1.54) is 0 Å². The van der Waals surface area contributed by atoms with Crippen molar-refractivity contribution >= 4 is 5.97 Å². The third-order valence-corrected chi connectivity index (χ3v) is 2.07. The zero-order chi connectivity index (χ0) is 9.68. The van der Waals surface area contributed by atoms with Crippen molar-refractivity contribution in [1.82, 2.24) is 4.98 Å². The predicted octanol–water partition coefficient (Wildman–Crippen LogP) is 2.05. The van der Waals surface area contributed by atoms with Gasteiger partial charge in [-0.3, -0.25) is 9.78 Å². The molecule has 1 atom stereocenters. The lowest BCUT2D eigenvalue weighted by atomic mass is 9.97. The highest BCUT2D eigenvalue weighted by atomic mass is 16.4. The molecular weight excluding hydrogens is 166 g/mol. The molecule has 0 aliphatic rings. The number of aliphatic carboxylic acids is 1. The number of pyridine rings is 1. The maximum Gasteiger partial charge on any atom is 0.303 e. The molecule has 3 heteroatoms. The minimum Gasteiger partial charge on any atom is -0.481 e. The largest absolute Gasteiger partial charge is 0.481 e. The van der Waals surface area contributed by atoms with Crippen LogP contribution in [0.4, 0.5) is 0 Å². The van der Waals surface area contributed by atoms with Gasteiger partial charge in [0, 0.05) is 18.8 Å². The van der Waals surface area contributed by atoms with Crippen molar-refractivity contribution in [2.75, 3.05) is 0 Å². The van der Waals surface area contributed by atoms with Gasteiger partial charge in [-0.05, 0) is 30.0 Å². The van der Waals surface area contributed by atoms with Crippen molar-refractivity contribution in [2.24, 2.45) is 0 Å². The summed E-state index contributed by atoms with van der Waals surface area (Å²) >= 11 is 0. The van der Waals surface area contributed by atoms with E-state index in [4.69, 9.17) is 5.11 Å². The Balaban J connectivity index is 2.49. The van der Waals surface area contributed by atoms with E-state index in [1.54, 1.807) is 12.4 Å². The summed E-state index contributed by atoms with van der Waals surface area (Å²) in [6.07, 6.45) is 4.36. The molecule has 13 heavy (non-hydrogen) atoms. The summed E-state index contributed by atoms with van der Waals surface area (Å²) in [7, 11) is 0.